The molecule has 41 heavy (non-hydrogen) atoms. The molecule has 6 rings (SSSR count). The quantitative estimate of drug-likeness (QED) is 0.336. The molecule has 14 heteroatoms. The van der Waals surface area contributed by atoms with Crippen LogP contribution < -0.4 is 0 Å². The van der Waals surface area contributed by atoms with Gasteiger partial charge in [-0.2, -0.15) is 36.4 Å². The van der Waals surface area contributed by atoms with E-state index in [9.17, 15) is 36.2 Å². The van der Waals surface area contributed by atoms with Crippen LogP contribution in [-0.4, -0.2) is 74.1 Å². The Labute approximate surface area is 234 Å². The molecule has 2 saturated heterocycles. The number of piperazine rings is 1. The van der Waals surface area contributed by atoms with Crippen LogP contribution in [0.5, 0.6) is 0 Å². The van der Waals surface area contributed by atoms with E-state index in [2.05, 4.69) is 19.9 Å². The van der Waals surface area contributed by atoms with Crippen molar-refractivity contribution in [2.75, 3.05) is 26.2 Å². The van der Waals surface area contributed by atoms with Crippen molar-refractivity contribution >= 4 is 39.8 Å². The number of halogens is 6. The Morgan fingerprint density at radius 3 is 2.51 bits per heavy atom. The number of thioether (sulfide) groups is 1. The number of nitrogens with zero attached hydrogens (tertiary/aromatic N) is 5. The number of aromatic nitrogens is 2. The molecule has 7 nitrogen and oxygen atoms in total. The van der Waals surface area contributed by atoms with Crippen molar-refractivity contribution in [3.05, 3.63) is 69.8 Å². The number of rotatable bonds is 5. The summed E-state index contributed by atoms with van der Waals surface area (Å²) in [5.74, 6) is -0.349. The summed E-state index contributed by atoms with van der Waals surface area (Å²) in [7, 11) is 0. The first-order valence-corrected chi connectivity index (χ1v) is 13.6. The lowest BCUT2D eigenvalue weighted by Crippen LogP contribution is -2.48. The molecule has 0 saturated carbocycles. The Kier molecular flexibility index (Phi) is 6.90. The monoisotopic (exact) mass is 595 g/mol. The zero-order valence-electron chi connectivity index (χ0n) is 21.3. The number of aliphatic hydroxyl groups is 1. The van der Waals surface area contributed by atoms with Gasteiger partial charge in [0.15, 0.2) is 5.17 Å². The molecule has 0 spiro atoms. The van der Waals surface area contributed by atoms with Crippen molar-refractivity contribution in [2.45, 2.75) is 37.4 Å². The zero-order chi connectivity index (χ0) is 29.1. The molecule has 1 amide bonds. The van der Waals surface area contributed by atoms with E-state index in [1.54, 1.807) is 24.3 Å². The lowest BCUT2D eigenvalue weighted by atomic mass is 10.0. The standard InChI is InChI=1S/C27H23F6N5O2S/c28-26(29,30)18-3-2-16(21(9-18)27(31,32)33)12-38-22-4-1-15(7-17(22)11-34-38)8-23-24(40)35-25(41-23)37-14-19-10-20(37)13-36(19)5-6-39/h1-4,7-9,11,19-20,39H,5-6,10,12-14H2/b23-8-/t19-,20-/m0/s1. The van der Waals surface area contributed by atoms with E-state index in [-0.39, 0.29) is 36.7 Å². The normalized spacial score (nSPS) is 22.5. The van der Waals surface area contributed by atoms with Gasteiger partial charge in [0.25, 0.3) is 5.91 Å². The predicted molar refractivity (Wildman–Crippen MR) is 141 cm³/mol. The first-order chi connectivity index (χ1) is 19.4. The highest BCUT2D eigenvalue weighted by Crippen LogP contribution is 2.39. The molecule has 2 atom stereocenters. The van der Waals surface area contributed by atoms with E-state index >= 15 is 0 Å². The van der Waals surface area contributed by atoms with Crippen LogP contribution >= 0.6 is 11.8 Å². The van der Waals surface area contributed by atoms with Crippen molar-refractivity contribution in [1.29, 1.82) is 0 Å². The molecule has 0 unspecified atom stereocenters. The van der Waals surface area contributed by atoms with E-state index in [4.69, 9.17) is 0 Å². The molecule has 3 aromatic rings. The van der Waals surface area contributed by atoms with E-state index in [0.717, 1.165) is 25.6 Å². The lowest BCUT2D eigenvalue weighted by Gasteiger charge is -2.34. The number of benzene rings is 2. The number of aliphatic imine (C=N–C) groups is 1. The first-order valence-electron chi connectivity index (χ1n) is 12.8. The first kappa shape index (κ1) is 27.8. The molecule has 0 radical (unpaired) electrons. The topological polar surface area (TPSA) is 74.0 Å². The molecule has 1 N–H and O–H groups in total. The maximum absolute atomic E-state index is 13.6. The second kappa shape index (κ2) is 10.2. The van der Waals surface area contributed by atoms with E-state index < -0.39 is 23.5 Å². The Morgan fingerprint density at radius 2 is 1.83 bits per heavy atom. The van der Waals surface area contributed by atoms with Gasteiger partial charge < -0.3 is 10.0 Å². The van der Waals surface area contributed by atoms with Crippen molar-refractivity contribution in [1.82, 2.24) is 19.6 Å². The molecule has 216 valence electrons. The van der Waals surface area contributed by atoms with Gasteiger partial charge in [0.1, 0.15) is 0 Å². The number of carbonyl (C=O) groups is 1. The van der Waals surface area contributed by atoms with Crippen LogP contribution in [0.3, 0.4) is 0 Å². The fourth-order valence-corrected chi connectivity index (χ4v) is 6.69. The van der Waals surface area contributed by atoms with Gasteiger partial charge in [0.2, 0.25) is 0 Å². The summed E-state index contributed by atoms with van der Waals surface area (Å²) in [4.78, 5) is 21.8. The number of hydrogen-bond donors (Lipinski definition) is 1. The summed E-state index contributed by atoms with van der Waals surface area (Å²) in [6.07, 6.45) is -5.75. The maximum Gasteiger partial charge on any atom is 0.416 e. The lowest BCUT2D eigenvalue weighted by molar-refractivity contribution is -0.143. The molecule has 3 aliphatic heterocycles. The molecule has 2 fully saturated rings. The molecule has 0 aliphatic carbocycles. The third-order valence-electron chi connectivity index (χ3n) is 7.62. The number of fused-ring (bicyclic) bond motifs is 3. The third-order valence-corrected chi connectivity index (χ3v) is 8.64. The van der Waals surface area contributed by atoms with Gasteiger partial charge >= 0.3 is 12.4 Å². The summed E-state index contributed by atoms with van der Waals surface area (Å²) >= 11 is 1.30. The molecule has 2 aromatic carbocycles. The molecular weight excluding hydrogens is 572 g/mol. The Balaban J connectivity index is 1.19. The molecule has 2 bridgehead atoms. The highest BCUT2D eigenvalue weighted by atomic mass is 32.2. The summed E-state index contributed by atoms with van der Waals surface area (Å²) in [6, 6.07) is 7.23. The van der Waals surface area contributed by atoms with Gasteiger partial charge in [0.05, 0.1) is 40.9 Å². The Bertz CT molecular complexity index is 1580. The van der Waals surface area contributed by atoms with Gasteiger partial charge in [-0.1, -0.05) is 12.1 Å². The number of amides is 1. The minimum Gasteiger partial charge on any atom is -0.395 e. The van der Waals surface area contributed by atoms with E-state index in [1.165, 1.54) is 22.6 Å². The smallest absolute Gasteiger partial charge is 0.395 e. The SMILES string of the molecule is O=C1N=C(N2C[C@@H]3C[C@H]2CN3CCO)S/C1=C\c1ccc2c(cnn2Cc2ccc(C(F)(F)F)cc2C(F)(F)F)c1. The van der Waals surface area contributed by atoms with Crippen LogP contribution in [0.25, 0.3) is 17.0 Å². The number of hydrogen-bond acceptors (Lipinski definition) is 6. The minimum atomic E-state index is -4.97. The minimum absolute atomic E-state index is 0.108. The van der Waals surface area contributed by atoms with Crippen LogP contribution in [-0.2, 0) is 23.7 Å². The zero-order valence-corrected chi connectivity index (χ0v) is 22.1. The predicted octanol–water partition coefficient (Wildman–Crippen LogP) is 4.84. The molecule has 4 heterocycles. The van der Waals surface area contributed by atoms with Crippen molar-refractivity contribution in [3.63, 3.8) is 0 Å². The second-order valence-corrected chi connectivity index (χ2v) is 11.2. The van der Waals surface area contributed by atoms with Crippen molar-refractivity contribution in [3.8, 4) is 0 Å². The van der Waals surface area contributed by atoms with Crippen LogP contribution in [0.4, 0.5) is 26.3 Å². The average molecular weight is 596 g/mol. The number of alkyl halides is 6. The van der Waals surface area contributed by atoms with Crippen molar-refractivity contribution < 1.29 is 36.2 Å². The van der Waals surface area contributed by atoms with Gasteiger partial charge in [0, 0.05) is 37.1 Å². The van der Waals surface area contributed by atoms with Gasteiger partial charge in [-0.15, -0.1) is 0 Å². The van der Waals surface area contributed by atoms with Crippen LogP contribution in [0.15, 0.2) is 52.5 Å². The molecule has 3 aliphatic rings. The highest BCUT2D eigenvalue weighted by Gasteiger charge is 2.45. The van der Waals surface area contributed by atoms with Crippen LogP contribution in [0.2, 0.25) is 0 Å². The highest BCUT2D eigenvalue weighted by molar-refractivity contribution is 8.18. The maximum atomic E-state index is 13.6. The summed E-state index contributed by atoms with van der Waals surface area (Å²) < 4.78 is 81.2. The van der Waals surface area contributed by atoms with Crippen molar-refractivity contribution in [2.24, 2.45) is 4.99 Å². The van der Waals surface area contributed by atoms with Crippen LogP contribution in [0, 0.1) is 0 Å². The molecular formula is C27H23F6N5O2S. The fourth-order valence-electron chi connectivity index (χ4n) is 5.70. The van der Waals surface area contributed by atoms with E-state index in [0.29, 0.717) is 45.2 Å². The largest absolute Gasteiger partial charge is 0.416 e. The summed E-state index contributed by atoms with van der Waals surface area (Å²) in [5.41, 5.74) is -1.91. The number of β-amino-alcohol motifs (C(OH)–C–C–N with tert-alkyl or cyclic N) is 1. The van der Waals surface area contributed by atoms with Crippen LogP contribution in [0.1, 0.15) is 28.7 Å². The average Bonchev–Trinajstić information content (AvgIpc) is 3.67. The number of amidine groups is 1. The summed E-state index contributed by atoms with van der Waals surface area (Å²) in [5, 5.41) is 14.6. The van der Waals surface area contributed by atoms with E-state index in [1.807, 2.05) is 0 Å². The number of aliphatic hydroxyl groups excluding tert-OH is 1. The fraction of sp³-hybridized carbons (Fsp3) is 0.370. The third kappa shape index (κ3) is 5.35. The molecule has 1 aromatic heterocycles. The number of likely N-dealkylation sites (tertiary alicyclic amines) is 2. The summed E-state index contributed by atoms with van der Waals surface area (Å²) in [6.45, 7) is 1.92. The van der Waals surface area contributed by atoms with Gasteiger partial charge in [-0.3, -0.25) is 14.4 Å². The Hall–Kier alpha value is -3.36. The second-order valence-electron chi connectivity index (χ2n) is 10.2. The Morgan fingerprint density at radius 1 is 1.02 bits per heavy atom. The van der Waals surface area contributed by atoms with Gasteiger partial charge in [-0.05, 0) is 59.7 Å². The number of carbonyl (C=O) groups excluding carboxylic acids is 1. The van der Waals surface area contributed by atoms with Gasteiger partial charge in [-0.25, -0.2) is 0 Å².